The number of allylic oxidation sites excluding steroid dienone is 4. The first-order valence-corrected chi connectivity index (χ1v) is 17.0. The van der Waals surface area contributed by atoms with Crippen LogP contribution in [0.5, 0.6) is 0 Å². The molecule has 192 valence electrons. The maximum absolute atomic E-state index is 2.73. The van der Waals surface area contributed by atoms with Crippen molar-refractivity contribution in [3.63, 3.8) is 0 Å². The van der Waals surface area contributed by atoms with Gasteiger partial charge in [-0.25, -0.2) is 0 Å². The van der Waals surface area contributed by atoms with Gasteiger partial charge in [0.2, 0.25) is 0 Å². The van der Waals surface area contributed by atoms with Gasteiger partial charge < -0.3 is 24.8 Å². The second-order valence-electron chi connectivity index (χ2n) is 12.4. The van der Waals surface area contributed by atoms with Crippen LogP contribution in [-0.2, 0) is 32.1 Å². The molecule has 0 N–H and O–H groups in total. The van der Waals surface area contributed by atoms with Gasteiger partial charge in [-0.3, -0.25) is 0 Å². The van der Waals surface area contributed by atoms with Crippen LogP contribution in [0.2, 0.25) is 0 Å². The molecule has 5 rings (SSSR count). The minimum absolute atomic E-state index is 0. The summed E-state index contributed by atoms with van der Waals surface area (Å²) in [5, 5.41) is 0. The predicted molar refractivity (Wildman–Crippen MR) is 149 cm³/mol. The molecule has 3 heteroatoms. The molecule has 0 heterocycles. The Hall–Kier alpha value is -1.53. The van der Waals surface area contributed by atoms with E-state index in [1.165, 1.54) is 33.4 Å². The van der Waals surface area contributed by atoms with Crippen molar-refractivity contribution < 1.29 is 46.1 Å². The molecule has 0 aromatic heterocycles. The van der Waals surface area contributed by atoms with Gasteiger partial charge in [0.15, 0.2) is 0 Å². The maximum Gasteiger partial charge on any atom is -1.00 e. The smallest absolute Gasteiger partial charge is 1.00 e. The third kappa shape index (κ3) is 6.06. The van der Waals surface area contributed by atoms with E-state index in [1.807, 2.05) is 0 Å². The Morgan fingerprint density at radius 3 is 1.78 bits per heavy atom. The molecule has 0 nitrogen and oxygen atoms in total. The molecule has 3 aromatic carbocycles. The second-order valence-corrected chi connectivity index (χ2v) is 18.3. The van der Waals surface area contributed by atoms with E-state index >= 15 is 0 Å². The Kier molecular flexibility index (Phi) is 9.17. The average molecular weight is 609 g/mol. The molecule has 37 heavy (non-hydrogen) atoms. The third-order valence-electron chi connectivity index (χ3n) is 7.56. The van der Waals surface area contributed by atoms with E-state index in [0.717, 1.165) is 6.42 Å². The van der Waals surface area contributed by atoms with Crippen molar-refractivity contribution in [2.45, 2.75) is 69.3 Å². The minimum atomic E-state index is -2.31. The summed E-state index contributed by atoms with van der Waals surface area (Å²) in [5.74, 6) is 0. The normalized spacial score (nSPS) is 14.5. The van der Waals surface area contributed by atoms with Crippen LogP contribution < -0.4 is 24.8 Å². The maximum atomic E-state index is 2.73. The van der Waals surface area contributed by atoms with Gasteiger partial charge >= 0.3 is 221 Å². The van der Waals surface area contributed by atoms with Crippen LogP contribution in [0.1, 0.15) is 85.0 Å². The number of aryl methyl sites for hydroxylation is 1. The first-order valence-electron chi connectivity index (χ1n) is 13.0. The molecule has 0 unspecified atom stereocenters. The molecule has 0 saturated carbocycles. The van der Waals surface area contributed by atoms with Gasteiger partial charge in [0.1, 0.15) is 0 Å². The summed E-state index contributed by atoms with van der Waals surface area (Å²) < 4.78 is 4.95. The van der Waals surface area contributed by atoms with Crippen molar-refractivity contribution in [3.05, 3.63) is 116 Å². The summed E-state index contributed by atoms with van der Waals surface area (Å²) in [4.78, 5) is 0. The quantitative estimate of drug-likeness (QED) is 0.429. The summed E-state index contributed by atoms with van der Waals surface area (Å²) in [6, 6.07) is 23.8. The van der Waals surface area contributed by atoms with E-state index in [-0.39, 0.29) is 35.6 Å². The van der Waals surface area contributed by atoms with E-state index in [0.29, 0.717) is 3.63 Å². The molecule has 0 amide bonds. The van der Waals surface area contributed by atoms with Gasteiger partial charge in [0.25, 0.3) is 0 Å². The Morgan fingerprint density at radius 1 is 0.757 bits per heavy atom. The summed E-state index contributed by atoms with van der Waals surface area (Å²) in [7, 11) is 0. The third-order valence-corrected chi connectivity index (χ3v) is 14.9. The summed E-state index contributed by atoms with van der Waals surface area (Å²) in [5.41, 5.74) is 12.0. The number of hydrogen-bond donors (Lipinski definition) is 0. The fraction of sp³-hybridized carbons (Fsp3) is 0.324. The number of halogens is 2. The van der Waals surface area contributed by atoms with Gasteiger partial charge in [0, 0.05) is 0 Å². The second kappa shape index (κ2) is 11.3. The number of hydrogen-bond acceptors (Lipinski definition) is 0. The van der Waals surface area contributed by atoms with Crippen LogP contribution in [-0.4, -0.2) is 3.71 Å². The van der Waals surface area contributed by atoms with Crippen LogP contribution in [0.4, 0.5) is 0 Å². The fourth-order valence-corrected chi connectivity index (χ4v) is 13.0. The molecule has 0 spiro atoms. The predicted octanol–water partition coefficient (Wildman–Crippen LogP) is 2.98. The molecule has 0 atom stereocenters. The largest absolute Gasteiger partial charge is 1.00 e. The van der Waals surface area contributed by atoms with Crippen molar-refractivity contribution >= 4 is 3.71 Å². The van der Waals surface area contributed by atoms with Crippen molar-refractivity contribution in [3.8, 4) is 11.1 Å². The van der Waals surface area contributed by atoms with E-state index in [2.05, 4.69) is 131 Å². The zero-order valence-electron chi connectivity index (χ0n) is 23.1. The molecule has 0 saturated heterocycles. The molecule has 2 aliphatic carbocycles. The minimum Gasteiger partial charge on any atom is -1.00 e. The SMILES string of the molecule is Cc1cccc(/[CH]=[Zr+2](\[C]2=CC=CC2)[CH]2c3cc(C(C)(C)C)ccc3-c3ccc(C(C)(C)C)cc32)c1.[Cl-].[Cl-]. The molecule has 3 aromatic rings. The van der Waals surface area contributed by atoms with Gasteiger partial charge in [-0.2, -0.15) is 0 Å². The molecule has 0 fully saturated rings. The van der Waals surface area contributed by atoms with Gasteiger partial charge in [-0.05, 0) is 0 Å². The Morgan fingerprint density at radius 2 is 1.32 bits per heavy atom. The van der Waals surface area contributed by atoms with Crippen LogP contribution in [0.25, 0.3) is 11.1 Å². The van der Waals surface area contributed by atoms with Crippen molar-refractivity contribution in [1.82, 2.24) is 0 Å². The topological polar surface area (TPSA) is 0 Å². The summed E-state index contributed by atoms with van der Waals surface area (Å²) in [6.45, 7) is 16.2. The zero-order valence-corrected chi connectivity index (χ0v) is 27.1. The number of fused-ring (bicyclic) bond motifs is 3. The van der Waals surface area contributed by atoms with Gasteiger partial charge in [0.05, 0.1) is 0 Å². The van der Waals surface area contributed by atoms with Crippen LogP contribution in [0.15, 0.2) is 82.2 Å². The fourth-order valence-electron chi connectivity index (χ4n) is 5.49. The van der Waals surface area contributed by atoms with Crippen molar-refractivity contribution in [2.75, 3.05) is 0 Å². The molecule has 2 aliphatic rings. The summed E-state index contributed by atoms with van der Waals surface area (Å²) >= 11 is -2.31. The van der Waals surface area contributed by atoms with Crippen LogP contribution >= 0.6 is 0 Å². The van der Waals surface area contributed by atoms with Crippen LogP contribution in [0, 0.1) is 6.92 Å². The number of rotatable bonds is 3. The molecule has 0 bridgehead atoms. The Balaban J connectivity index is 0.00000190. The average Bonchev–Trinajstić information content (AvgIpc) is 3.42. The van der Waals surface area contributed by atoms with Crippen LogP contribution in [0.3, 0.4) is 0 Å². The first kappa shape index (κ1) is 30.0. The monoisotopic (exact) mass is 606 g/mol. The molecule has 0 radical (unpaired) electrons. The van der Waals surface area contributed by atoms with Crippen molar-refractivity contribution in [2.24, 2.45) is 0 Å². The standard InChI is InChI=1S/C21H25.C8H8.C5H5.2ClH.Zr/c1-20(2,3)16-7-9-18-14(12-16)11-15-13-17(21(4,5)6)8-10-19(15)18;1-7-4-3-5-8(2)6-7;1-2-4-5-3-1;;;/h7-13H,1-6H3;1,3-6H,2H3;1-3H,4H2;2*1H;/q;;;;;+2/p-2. The Labute approximate surface area is 244 Å². The van der Waals surface area contributed by atoms with E-state index < -0.39 is 21.3 Å². The summed E-state index contributed by atoms with van der Waals surface area (Å²) in [6.07, 6.45) is 8.21. The zero-order chi connectivity index (χ0) is 25.0. The Bertz CT molecular complexity index is 1330. The van der Waals surface area contributed by atoms with E-state index in [4.69, 9.17) is 0 Å². The molecular weight excluding hydrogens is 571 g/mol. The molecule has 0 aliphatic heterocycles. The first-order chi connectivity index (χ1) is 16.5. The van der Waals surface area contributed by atoms with Gasteiger partial charge in [-0.1, -0.05) is 0 Å². The van der Waals surface area contributed by atoms with Crippen molar-refractivity contribution in [1.29, 1.82) is 0 Å². The molecular formula is C34H38Cl2Zr. The van der Waals surface area contributed by atoms with E-state index in [9.17, 15) is 0 Å². The number of benzene rings is 3. The van der Waals surface area contributed by atoms with Gasteiger partial charge in [-0.15, -0.1) is 0 Å². The van der Waals surface area contributed by atoms with E-state index in [1.54, 1.807) is 14.4 Å².